The normalized spacial score (nSPS) is 12.3. The van der Waals surface area contributed by atoms with E-state index in [1.165, 1.54) is 29.1 Å². The van der Waals surface area contributed by atoms with Gasteiger partial charge >= 0.3 is 0 Å². The Balaban J connectivity index is 2.10. The second-order valence-corrected chi connectivity index (χ2v) is 6.53. The molecule has 1 N–H and O–H groups in total. The SMILES string of the molecule is CC(C)(C)C(=O)Cn1cc(C(=O)NC(C#N)c2ccccc2F)nn1. The fraction of sp³-hybridized carbons (Fsp3) is 0.353. The minimum absolute atomic E-state index is 0.0151. The largest absolute Gasteiger partial charge is 0.331 e. The van der Waals surface area contributed by atoms with Gasteiger partial charge in [-0.05, 0) is 6.07 Å². The van der Waals surface area contributed by atoms with Crippen molar-refractivity contribution < 1.29 is 14.0 Å². The lowest BCUT2D eigenvalue weighted by Gasteiger charge is -2.15. The molecule has 0 radical (unpaired) electrons. The van der Waals surface area contributed by atoms with Crippen LogP contribution in [0.15, 0.2) is 30.5 Å². The van der Waals surface area contributed by atoms with Gasteiger partial charge in [0.1, 0.15) is 18.4 Å². The zero-order valence-electron chi connectivity index (χ0n) is 14.2. The Hall–Kier alpha value is -3.08. The highest BCUT2D eigenvalue weighted by molar-refractivity contribution is 5.92. The lowest BCUT2D eigenvalue weighted by Crippen LogP contribution is -2.28. The average molecular weight is 343 g/mol. The fourth-order valence-electron chi connectivity index (χ4n) is 1.96. The van der Waals surface area contributed by atoms with E-state index in [2.05, 4.69) is 15.6 Å². The highest BCUT2D eigenvalue weighted by Gasteiger charge is 2.23. The van der Waals surface area contributed by atoms with Crippen molar-refractivity contribution in [1.82, 2.24) is 20.3 Å². The molecular weight excluding hydrogens is 325 g/mol. The molecule has 0 saturated carbocycles. The van der Waals surface area contributed by atoms with Crippen molar-refractivity contribution >= 4 is 11.7 Å². The Morgan fingerprint density at radius 2 is 2.04 bits per heavy atom. The number of ketones is 1. The van der Waals surface area contributed by atoms with Crippen LogP contribution in [-0.2, 0) is 11.3 Å². The van der Waals surface area contributed by atoms with Gasteiger partial charge in [-0.15, -0.1) is 5.10 Å². The van der Waals surface area contributed by atoms with Crippen LogP contribution in [0.25, 0.3) is 0 Å². The van der Waals surface area contributed by atoms with Crippen molar-refractivity contribution in [3.8, 4) is 6.07 Å². The number of carbonyl (C=O) groups excluding carboxylic acids is 2. The molecule has 0 aliphatic heterocycles. The van der Waals surface area contributed by atoms with Crippen LogP contribution in [0.4, 0.5) is 4.39 Å². The Kier molecular flexibility index (Phi) is 5.27. The quantitative estimate of drug-likeness (QED) is 0.895. The summed E-state index contributed by atoms with van der Waals surface area (Å²) in [6.45, 7) is 5.34. The van der Waals surface area contributed by atoms with Crippen molar-refractivity contribution in [2.45, 2.75) is 33.4 Å². The molecule has 0 spiro atoms. The second-order valence-electron chi connectivity index (χ2n) is 6.53. The van der Waals surface area contributed by atoms with Crippen LogP contribution >= 0.6 is 0 Å². The number of hydrogen-bond acceptors (Lipinski definition) is 5. The molecule has 1 unspecified atom stereocenters. The number of rotatable bonds is 5. The van der Waals surface area contributed by atoms with E-state index >= 15 is 0 Å². The Labute approximate surface area is 144 Å². The minimum Gasteiger partial charge on any atom is -0.331 e. The van der Waals surface area contributed by atoms with E-state index in [0.717, 1.165) is 0 Å². The lowest BCUT2D eigenvalue weighted by molar-refractivity contribution is -0.127. The summed E-state index contributed by atoms with van der Waals surface area (Å²) in [5, 5.41) is 19.0. The van der Waals surface area contributed by atoms with Crippen molar-refractivity contribution in [3.63, 3.8) is 0 Å². The molecule has 1 heterocycles. The van der Waals surface area contributed by atoms with Crippen molar-refractivity contribution in [2.75, 3.05) is 0 Å². The highest BCUT2D eigenvalue weighted by atomic mass is 19.1. The van der Waals surface area contributed by atoms with Crippen LogP contribution in [0.1, 0.15) is 42.9 Å². The van der Waals surface area contributed by atoms with Gasteiger partial charge in [-0.25, -0.2) is 9.07 Å². The predicted octanol–water partition coefficient (Wildman–Crippen LogP) is 2.03. The predicted molar refractivity (Wildman–Crippen MR) is 86.7 cm³/mol. The summed E-state index contributed by atoms with van der Waals surface area (Å²) in [5.41, 5.74) is -0.530. The molecule has 1 aromatic heterocycles. The molecule has 25 heavy (non-hydrogen) atoms. The first-order valence-corrected chi connectivity index (χ1v) is 7.60. The topological polar surface area (TPSA) is 101 Å². The molecule has 0 aliphatic rings. The van der Waals surface area contributed by atoms with Crippen LogP contribution < -0.4 is 5.32 Å². The maximum absolute atomic E-state index is 13.8. The smallest absolute Gasteiger partial charge is 0.274 e. The van der Waals surface area contributed by atoms with Crippen LogP contribution in [0.2, 0.25) is 0 Å². The van der Waals surface area contributed by atoms with E-state index in [9.17, 15) is 19.2 Å². The number of amides is 1. The van der Waals surface area contributed by atoms with Gasteiger partial charge in [0.15, 0.2) is 11.5 Å². The number of halogens is 1. The first-order valence-electron chi connectivity index (χ1n) is 7.60. The van der Waals surface area contributed by atoms with E-state index in [1.54, 1.807) is 26.8 Å². The van der Waals surface area contributed by atoms with Crippen LogP contribution in [-0.4, -0.2) is 26.7 Å². The Morgan fingerprint density at radius 3 is 2.64 bits per heavy atom. The van der Waals surface area contributed by atoms with Crippen LogP contribution in [0.3, 0.4) is 0 Å². The molecular formula is C17H18FN5O2. The average Bonchev–Trinajstić information content (AvgIpc) is 3.01. The van der Waals surface area contributed by atoms with Gasteiger partial charge in [-0.3, -0.25) is 9.59 Å². The molecule has 2 aromatic rings. The standard InChI is InChI=1S/C17H18FN5O2/c1-17(2,3)15(24)10-23-9-14(21-22-23)16(25)20-13(8-19)11-6-4-5-7-12(11)18/h4-7,9,13H,10H2,1-3H3,(H,20,25). The van der Waals surface area contributed by atoms with Gasteiger partial charge in [0.25, 0.3) is 5.91 Å². The Bertz CT molecular complexity index is 832. The highest BCUT2D eigenvalue weighted by Crippen LogP contribution is 2.17. The maximum Gasteiger partial charge on any atom is 0.274 e. The fourth-order valence-corrected chi connectivity index (χ4v) is 1.96. The van der Waals surface area contributed by atoms with Crippen molar-refractivity contribution in [1.29, 1.82) is 5.26 Å². The number of nitrogens with zero attached hydrogens (tertiary/aromatic N) is 4. The summed E-state index contributed by atoms with van der Waals surface area (Å²) >= 11 is 0. The molecule has 0 saturated heterocycles. The summed E-state index contributed by atoms with van der Waals surface area (Å²) in [6.07, 6.45) is 1.31. The molecule has 1 aromatic carbocycles. The van der Waals surface area contributed by atoms with E-state index < -0.39 is 23.2 Å². The van der Waals surface area contributed by atoms with E-state index in [4.69, 9.17) is 0 Å². The van der Waals surface area contributed by atoms with Gasteiger partial charge in [0.05, 0.1) is 12.3 Å². The first-order chi connectivity index (χ1) is 11.7. The van der Waals surface area contributed by atoms with Gasteiger partial charge in [0, 0.05) is 11.0 Å². The zero-order chi connectivity index (χ0) is 18.6. The van der Waals surface area contributed by atoms with Crippen molar-refractivity contribution in [3.05, 3.63) is 47.5 Å². The summed E-state index contributed by atoms with van der Waals surface area (Å²) < 4.78 is 15.0. The Morgan fingerprint density at radius 1 is 1.36 bits per heavy atom. The molecule has 0 aliphatic carbocycles. The second kappa shape index (κ2) is 7.21. The van der Waals surface area contributed by atoms with Crippen molar-refractivity contribution in [2.24, 2.45) is 5.41 Å². The number of hydrogen-bond donors (Lipinski definition) is 1. The van der Waals surface area contributed by atoms with Gasteiger partial charge in [-0.1, -0.05) is 44.2 Å². The molecule has 130 valence electrons. The lowest BCUT2D eigenvalue weighted by atomic mass is 9.91. The molecule has 8 heteroatoms. The van der Waals surface area contributed by atoms with E-state index in [-0.39, 0.29) is 23.6 Å². The molecule has 2 rings (SSSR count). The van der Waals surface area contributed by atoms with Gasteiger partial charge in [0.2, 0.25) is 0 Å². The number of carbonyl (C=O) groups is 2. The van der Waals surface area contributed by atoms with E-state index in [1.807, 2.05) is 6.07 Å². The van der Waals surface area contributed by atoms with Crippen LogP contribution in [0.5, 0.6) is 0 Å². The number of nitriles is 1. The number of benzene rings is 1. The molecule has 1 atom stereocenters. The first kappa shape index (κ1) is 18.3. The summed E-state index contributed by atoms with van der Waals surface area (Å²) in [7, 11) is 0. The summed E-state index contributed by atoms with van der Waals surface area (Å²) in [6, 6.07) is 6.37. The monoisotopic (exact) mass is 343 g/mol. The maximum atomic E-state index is 13.8. The summed E-state index contributed by atoms with van der Waals surface area (Å²) in [5.74, 6) is -1.33. The minimum atomic E-state index is -1.16. The third kappa shape index (κ3) is 4.47. The molecule has 7 nitrogen and oxygen atoms in total. The number of nitrogens with one attached hydrogen (secondary N) is 1. The van der Waals surface area contributed by atoms with E-state index in [0.29, 0.717) is 0 Å². The zero-order valence-corrected chi connectivity index (χ0v) is 14.2. The third-order valence-corrected chi connectivity index (χ3v) is 3.53. The number of Topliss-reactive ketones (excluding diaryl/α,β-unsaturated/α-hetero) is 1. The number of aromatic nitrogens is 3. The molecule has 0 fully saturated rings. The molecule has 0 bridgehead atoms. The third-order valence-electron chi connectivity index (χ3n) is 3.53. The summed E-state index contributed by atoms with van der Waals surface area (Å²) in [4.78, 5) is 24.2. The van der Waals surface area contributed by atoms with Gasteiger partial charge in [-0.2, -0.15) is 5.26 Å². The molecule has 1 amide bonds. The van der Waals surface area contributed by atoms with Crippen LogP contribution in [0, 0.1) is 22.6 Å². The van der Waals surface area contributed by atoms with Gasteiger partial charge < -0.3 is 5.32 Å².